The lowest BCUT2D eigenvalue weighted by Gasteiger charge is -2.23. The number of nitrogens with one attached hydrogen (secondary N) is 2. The number of aromatic nitrogens is 1. The first-order valence-corrected chi connectivity index (χ1v) is 8.05. The smallest absolute Gasteiger partial charge is 0.239 e. The van der Waals surface area contributed by atoms with Crippen LogP contribution in [0.4, 0.5) is 5.69 Å². The van der Waals surface area contributed by atoms with Gasteiger partial charge in [0.1, 0.15) is 11.2 Å². The van der Waals surface area contributed by atoms with Gasteiger partial charge < -0.3 is 15.4 Å². The van der Waals surface area contributed by atoms with Crippen molar-refractivity contribution in [3.63, 3.8) is 0 Å². The summed E-state index contributed by atoms with van der Waals surface area (Å²) >= 11 is 5.96. The summed E-state index contributed by atoms with van der Waals surface area (Å²) in [5.41, 5.74) is -0.170. The van der Waals surface area contributed by atoms with E-state index in [-0.39, 0.29) is 6.54 Å². The molecule has 0 atom stereocenters. The van der Waals surface area contributed by atoms with Crippen molar-refractivity contribution in [2.45, 2.75) is 20.4 Å². The number of nitrogens with zero attached hydrogens (tertiary/aromatic N) is 1. The molecule has 7 heteroatoms. The van der Waals surface area contributed by atoms with Gasteiger partial charge in [0, 0.05) is 11.2 Å². The summed E-state index contributed by atoms with van der Waals surface area (Å²) in [7, 11) is 1.49. The van der Waals surface area contributed by atoms with Gasteiger partial charge in [0.2, 0.25) is 11.8 Å². The molecule has 0 bridgehead atoms. The Morgan fingerprint density at radius 2 is 1.96 bits per heavy atom. The number of anilines is 1. The monoisotopic (exact) mass is 361 g/mol. The Hall–Kier alpha value is -2.60. The number of hydrogen-bond donors (Lipinski definition) is 2. The number of pyridine rings is 1. The minimum atomic E-state index is -1.29. The van der Waals surface area contributed by atoms with Crippen LogP contribution in [0.3, 0.4) is 0 Å². The molecule has 0 aliphatic carbocycles. The Labute approximate surface area is 151 Å². The number of halogens is 1. The molecule has 0 aliphatic heterocycles. The lowest BCUT2D eigenvalue weighted by molar-refractivity contribution is -0.138. The van der Waals surface area contributed by atoms with Gasteiger partial charge in [-0.05, 0) is 44.2 Å². The first kappa shape index (κ1) is 18.7. The van der Waals surface area contributed by atoms with Crippen LogP contribution in [0.2, 0.25) is 5.02 Å². The predicted octanol–water partition coefficient (Wildman–Crippen LogP) is 3.02. The van der Waals surface area contributed by atoms with E-state index in [1.807, 2.05) is 6.07 Å². The van der Waals surface area contributed by atoms with Crippen LogP contribution in [0.5, 0.6) is 5.75 Å². The second kappa shape index (κ2) is 7.98. The number of hydrogen-bond acceptors (Lipinski definition) is 4. The maximum absolute atomic E-state index is 12.6. The molecule has 0 radical (unpaired) electrons. The van der Waals surface area contributed by atoms with Crippen molar-refractivity contribution >= 4 is 29.1 Å². The average Bonchev–Trinajstić information content (AvgIpc) is 2.60. The zero-order valence-corrected chi connectivity index (χ0v) is 15.1. The van der Waals surface area contributed by atoms with Crippen molar-refractivity contribution in [1.29, 1.82) is 0 Å². The molecular weight excluding hydrogens is 342 g/mol. The Morgan fingerprint density at radius 3 is 2.60 bits per heavy atom. The molecule has 0 unspecified atom stereocenters. The summed E-state index contributed by atoms with van der Waals surface area (Å²) in [5, 5.41) is 5.88. The fourth-order valence-corrected chi connectivity index (χ4v) is 2.23. The van der Waals surface area contributed by atoms with E-state index in [2.05, 4.69) is 15.6 Å². The largest absolute Gasteiger partial charge is 0.495 e. The lowest BCUT2D eigenvalue weighted by Crippen LogP contribution is -2.45. The van der Waals surface area contributed by atoms with Crippen LogP contribution in [-0.4, -0.2) is 23.9 Å². The third-order valence-electron chi connectivity index (χ3n) is 3.70. The number of ether oxygens (including phenoxy) is 1. The summed E-state index contributed by atoms with van der Waals surface area (Å²) in [5.74, 6) is -0.411. The van der Waals surface area contributed by atoms with E-state index in [0.29, 0.717) is 22.2 Å². The van der Waals surface area contributed by atoms with Crippen molar-refractivity contribution in [2.75, 3.05) is 12.4 Å². The highest BCUT2D eigenvalue weighted by Crippen LogP contribution is 2.29. The molecule has 2 rings (SSSR count). The van der Waals surface area contributed by atoms with E-state index in [1.165, 1.54) is 7.11 Å². The zero-order chi connectivity index (χ0) is 18.4. The maximum atomic E-state index is 12.6. The second-order valence-electron chi connectivity index (χ2n) is 5.93. The highest BCUT2D eigenvalue weighted by molar-refractivity contribution is 6.31. The molecule has 2 aromatic rings. The minimum absolute atomic E-state index is 0.247. The number of amides is 2. The molecule has 1 heterocycles. The van der Waals surface area contributed by atoms with Crippen molar-refractivity contribution in [3.8, 4) is 5.75 Å². The third-order valence-corrected chi connectivity index (χ3v) is 3.94. The molecule has 1 aromatic heterocycles. The van der Waals surface area contributed by atoms with Crippen LogP contribution in [0.15, 0.2) is 42.6 Å². The van der Waals surface area contributed by atoms with E-state index in [1.54, 1.807) is 50.4 Å². The third kappa shape index (κ3) is 4.70. The van der Waals surface area contributed by atoms with Gasteiger partial charge >= 0.3 is 0 Å². The molecule has 0 spiro atoms. The van der Waals surface area contributed by atoms with Crippen molar-refractivity contribution < 1.29 is 14.3 Å². The summed E-state index contributed by atoms with van der Waals surface area (Å²) in [6, 6.07) is 10.3. The molecule has 25 heavy (non-hydrogen) atoms. The van der Waals surface area contributed by atoms with Crippen LogP contribution in [0.25, 0.3) is 0 Å². The van der Waals surface area contributed by atoms with E-state index >= 15 is 0 Å². The number of carbonyl (C=O) groups is 2. The highest BCUT2D eigenvalue weighted by atomic mass is 35.5. The number of benzene rings is 1. The van der Waals surface area contributed by atoms with E-state index in [0.717, 1.165) is 0 Å². The first-order valence-electron chi connectivity index (χ1n) is 7.68. The van der Waals surface area contributed by atoms with Gasteiger partial charge in [0.25, 0.3) is 0 Å². The predicted molar refractivity (Wildman–Crippen MR) is 96.5 cm³/mol. The Bertz CT molecular complexity index is 763. The van der Waals surface area contributed by atoms with E-state index < -0.39 is 17.2 Å². The van der Waals surface area contributed by atoms with Gasteiger partial charge in [-0.1, -0.05) is 17.7 Å². The SMILES string of the molecule is COc1ccc(Cl)cc1NC(=O)C(C)(C)C(=O)NCc1ccccn1. The molecule has 6 nitrogen and oxygen atoms in total. The molecule has 0 fully saturated rings. The van der Waals surface area contributed by atoms with Crippen LogP contribution in [-0.2, 0) is 16.1 Å². The van der Waals surface area contributed by atoms with E-state index in [9.17, 15) is 9.59 Å². The number of rotatable bonds is 6. The van der Waals surface area contributed by atoms with Gasteiger partial charge in [-0.25, -0.2) is 0 Å². The van der Waals surface area contributed by atoms with Crippen LogP contribution >= 0.6 is 11.6 Å². The Balaban J connectivity index is 2.06. The van der Waals surface area contributed by atoms with Crippen LogP contribution in [0.1, 0.15) is 19.5 Å². The summed E-state index contributed by atoms with van der Waals surface area (Å²) in [6.45, 7) is 3.34. The maximum Gasteiger partial charge on any atom is 0.239 e. The summed E-state index contributed by atoms with van der Waals surface area (Å²) < 4.78 is 5.20. The molecule has 0 saturated heterocycles. The van der Waals surface area contributed by atoms with Crippen LogP contribution in [0, 0.1) is 5.41 Å². The van der Waals surface area contributed by atoms with Gasteiger partial charge in [-0.15, -0.1) is 0 Å². The van der Waals surface area contributed by atoms with Crippen molar-refractivity contribution in [2.24, 2.45) is 5.41 Å². The molecule has 2 N–H and O–H groups in total. The van der Waals surface area contributed by atoms with E-state index in [4.69, 9.17) is 16.3 Å². The molecule has 1 aromatic carbocycles. The molecule has 0 aliphatic rings. The average molecular weight is 362 g/mol. The zero-order valence-electron chi connectivity index (χ0n) is 14.3. The number of carbonyl (C=O) groups excluding carboxylic acids is 2. The number of methoxy groups -OCH3 is 1. The molecule has 132 valence electrons. The fraction of sp³-hybridized carbons (Fsp3) is 0.278. The van der Waals surface area contributed by atoms with Crippen LogP contribution < -0.4 is 15.4 Å². The summed E-state index contributed by atoms with van der Waals surface area (Å²) in [4.78, 5) is 29.1. The fourth-order valence-electron chi connectivity index (χ4n) is 2.05. The van der Waals surface area contributed by atoms with Crippen molar-refractivity contribution in [1.82, 2.24) is 10.3 Å². The van der Waals surface area contributed by atoms with Gasteiger partial charge in [-0.3, -0.25) is 14.6 Å². The van der Waals surface area contributed by atoms with Crippen molar-refractivity contribution in [3.05, 3.63) is 53.3 Å². The molecule has 0 saturated carbocycles. The lowest BCUT2D eigenvalue weighted by atomic mass is 9.91. The quantitative estimate of drug-likeness (QED) is 0.775. The topological polar surface area (TPSA) is 80.3 Å². The second-order valence-corrected chi connectivity index (χ2v) is 6.36. The minimum Gasteiger partial charge on any atom is -0.495 e. The summed E-state index contributed by atoms with van der Waals surface area (Å²) in [6.07, 6.45) is 1.64. The highest BCUT2D eigenvalue weighted by Gasteiger charge is 2.36. The first-order chi connectivity index (χ1) is 11.8. The molecule has 2 amide bonds. The van der Waals surface area contributed by atoms with Gasteiger partial charge in [0.15, 0.2) is 0 Å². The van der Waals surface area contributed by atoms with Gasteiger partial charge in [0.05, 0.1) is 25.0 Å². The van der Waals surface area contributed by atoms with Gasteiger partial charge in [-0.2, -0.15) is 0 Å². The standard InChI is InChI=1S/C18H20ClN3O3/c1-18(2,16(23)21-11-13-6-4-5-9-20-13)17(24)22-14-10-12(19)7-8-15(14)25-3/h4-10H,11H2,1-3H3,(H,21,23)(H,22,24). The molecular formula is C18H20ClN3O3. The Morgan fingerprint density at radius 1 is 1.20 bits per heavy atom. The Kier molecular flexibility index (Phi) is 5.98. The normalized spacial score (nSPS) is 10.9.